The smallest absolute Gasteiger partial charge is 0.331 e. The van der Waals surface area contributed by atoms with Crippen LogP contribution in [-0.2, 0) is 28.5 Å². The van der Waals surface area contributed by atoms with Gasteiger partial charge in [0.25, 0.3) is 0 Å². The molecule has 1 saturated heterocycles. The first-order valence-electron chi connectivity index (χ1n) is 25.5. The lowest BCUT2D eigenvalue weighted by Crippen LogP contribution is -2.60. The number of methoxy groups -OCH3 is 1. The van der Waals surface area contributed by atoms with Crippen LogP contribution in [0.5, 0.6) is 0 Å². The van der Waals surface area contributed by atoms with E-state index in [0.717, 1.165) is 38.5 Å². The number of rotatable bonds is 43. The molecular weight excluding hydrogens is 787 g/mol. The van der Waals surface area contributed by atoms with Crippen LogP contribution in [0.4, 0.5) is 0 Å². The molecule has 0 aromatic carbocycles. The van der Waals surface area contributed by atoms with Gasteiger partial charge in [0.1, 0.15) is 31.0 Å². The number of esters is 1. The molecule has 0 radical (unpaired) electrons. The van der Waals surface area contributed by atoms with E-state index < -0.39 is 48.8 Å². The van der Waals surface area contributed by atoms with Gasteiger partial charge in [-0.05, 0) is 44.9 Å². The van der Waals surface area contributed by atoms with Gasteiger partial charge in [-0.3, -0.25) is 4.79 Å². The number of carbonyl (C=O) groups excluding carboxylic acids is 2. The van der Waals surface area contributed by atoms with E-state index in [4.69, 9.17) is 14.2 Å². The van der Waals surface area contributed by atoms with Crippen molar-refractivity contribution in [3.63, 3.8) is 0 Å². The standard InChI is InChI=1S/C51H95NO10/c1-4-6-8-10-12-14-16-18-19-20-21-22-23-24-25-27-29-31-33-35-37-39-46(54)52-43(44(53)38-36-34-32-30-28-26-17-15-13-11-9-7-5-2)40-61-51-50(58)49(57)48(56)45(62-51)41-60-42-47(55)59-3/h18-19,36,38,43-45,48-51,53,56-58H,4-17,20-35,37,39-42H2,1-3H3,(H,52,54)/b19-18-,38-36+/t43-,44+,45+,48-,49-,50+,51-/m0/s1. The Morgan fingerprint density at radius 1 is 0.597 bits per heavy atom. The number of hydrogen-bond acceptors (Lipinski definition) is 10. The highest BCUT2D eigenvalue weighted by Gasteiger charge is 2.44. The molecule has 0 aliphatic carbocycles. The molecule has 1 amide bonds. The summed E-state index contributed by atoms with van der Waals surface area (Å²) in [6.07, 6.45) is 38.8. The summed E-state index contributed by atoms with van der Waals surface area (Å²) in [4.78, 5) is 24.6. The third-order valence-corrected chi connectivity index (χ3v) is 12.1. The number of hydrogen-bond donors (Lipinski definition) is 5. The van der Waals surface area contributed by atoms with Crippen LogP contribution >= 0.6 is 0 Å². The fourth-order valence-corrected chi connectivity index (χ4v) is 7.93. The zero-order valence-electron chi connectivity index (χ0n) is 39.8. The van der Waals surface area contributed by atoms with E-state index in [1.54, 1.807) is 6.08 Å². The molecule has 7 atom stereocenters. The molecule has 1 aliphatic rings. The molecular formula is C51H95NO10. The predicted molar refractivity (Wildman–Crippen MR) is 251 cm³/mol. The molecule has 1 rings (SSSR count). The maximum absolute atomic E-state index is 13.1. The molecule has 11 nitrogen and oxygen atoms in total. The SMILES string of the molecule is CCCCCCCC/C=C\CCCCCCCCCCCCCC(=O)N[C@@H](CO[C@H]1O[C@H](COCC(=O)OC)[C@H](O)[C@H](O)[C@H]1O)[C@H](O)/C=C/CCCCCCCCCCCCC. The fourth-order valence-electron chi connectivity index (χ4n) is 7.93. The average Bonchev–Trinajstić information content (AvgIpc) is 3.27. The van der Waals surface area contributed by atoms with Crippen molar-refractivity contribution in [2.24, 2.45) is 0 Å². The predicted octanol–water partition coefficient (Wildman–Crippen LogP) is 10.5. The number of amides is 1. The van der Waals surface area contributed by atoms with Gasteiger partial charge in [0, 0.05) is 6.42 Å². The van der Waals surface area contributed by atoms with Gasteiger partial charge in [-0.15, -0.1) is 0 Å². The van der Waals surface area contributed by atoms with Crippen molar-refractivity contribution in [2.45, 2.75) is 262 Å². The summed E-state index contributed by atoms with van der Waals surface area (Å²) in [5.74, 6) is -0.809. The molecule has 0 saturated carbocycles. The molecule has 1 aliphatic heterocycles. The Kier molecular flexibility index (Phi) is 39.2. The van der Waals surface area contributed by atoms with Crippen LogP contribution in [0.1, 0.15) is 219 Å². The first-order valence-corrected chi connectivity index (χ1v) is 25.5. The lowest BCUT2D eigenvalue weighted by molar-refractivity contribution is -0.304. The van der Waals surface area contributed by atoms with Gasteiger partial charge < -0.3 is 44.7 Å². The van der Waals surface area contributed by atoms with Crippen LogP contribution in [0.15, 0.2) is 24.3 Å². The summed E-state index contributed by atoms with van der Waals surface area (Å²) >= 11 is 0. The van der Waals surface area contributed by atoms with E-state index in [2.05, 4.69) is 36.1 Å². The second kappa shape index (κ2) is 41.8. The Morgan fingerprint density at radius 3 is 1.50 bits per heavy atom. The molecule has 5 N–H and O–H groups in total. The maximum Gasteiger partial charge on any atom is 0.331 e. The Hall–Kier alpha value is -1.86. The van der Waals surface area contributed by atoms with Crippen molar-refractivity contribution >= 4 is 11.9 Å². The van der Waals surface area contributed by atoms with E-state index >= 15 is 0 Å². The van der Waals surface area contributed by atoms with Crippen LogP contribution in [0.2, 0.25) is 0 Å². The van der Waals surface area contributed by atoms with Crippen LogP contribution in [0.25, 0.3) is 0 Å². The summed E-state index contributed by atoms with van der Waals surface area (Å²) < 4.78 is 21.4. The normalized spacial score (nSPS) is 20.3. The van der Waals surface area contributed by atoms with E-state index in [1.807, 2.05) is 6.08 Å². The molecule has 0 spiro atoms. The van der Waals surface area contributed by atoms with Crippen molar-refractivity contribution in [2.75, 3.05) is 26.9 Å². The number of carbonyl (C=O) groups is 2. The molecule has 364 valence electrons. The molecule has 0 aromatic rings. The number of aliphatic hydroxyl groups excluding tert-OH is 4. The third kappa shape index (κ3) is 31.9. The largest absolute Gasteiger partial charge is 0.467 e. The van der Waals surface area contributed by atoms with E-state index in [0.29, 0.717) is 6.42 Å². The molecule has 1 heterocycles. The van der Waals surface area contributed by atoms with Gasteiger partial charge >= 0.3 is 5.97 Å². The van der Waals surface area contributed by atoms with Gasteiger partial charge in [0.15, 0.2) is 6.29 Å². The minimum Gasteiger partial charge on any atom is -0.467 e. The zero-order chi connectivity index (χ0) is 45.3. The Labute approximate surface area is 378 Å². The number of ether oxygens (including phenoxy) is 4. The first-order chi connectivity index (χ1) is 30.2. The minimum atomic E-state index is -1.61. The molecule has 0 unspecified atom stereocenters. The van der Waals surface area contributed by atoms with Gasteiger partial charge in [-0.1, -0.05) is 192 Å². The fraction of sp³-hybridized carbons (Fsp3) is 0.882. The minimum absolute atomic E-state index is 0.195. The van der Waals surface area contributed by atoms with Crippen molar-refractivity contribution in [1.82, 2.24) is 5.32 Å². The van der Waals surface area contributed by atoms with Gasteiger partial charge in [-0.2, -0.15) is 0 Å². The summed E-state index contributed by atoms with van der Waals surface area (Å²) in [5.41, 5.74) is 0. The van der Waals surface area contributed by atoms with Crippen molar-refractivity contribution in [3.05, 3.63) is 24.3 Å². The highest BCUT2D eigenvalue weighted by molar-refractivity contribution is 5.76. The number of allylic oxidation sites excluding steroid dienone is 3. The lowest BCUT2D eigenvalue weighted by atomic mass is 9.99. The monoisotopic (exact) mass is 882 g/mol. The van der Waals surface area contributed by atoms with Crippen molar-refractivity contribution < 1.29 is 49.0 Å². The highest BCUT2D eigenvalue weighted by atomic mass is 16.7. The molecule has 1 fully saturated rings. The third-order valence-electron chi connectivity index (χ3n) is 12.1. The van der Waals surface area contributed by atoms with Crippen molar-refractivity contribution in [1.29, 1.82) is 0 Å². The first kappa shape index (κ1) is 58.2. The quantitative estimate of drug-likeness (QED) is 0.0226. The summed E-state index contributed by atoms with van der Waals surface area (Å²) in [6.45, 7) is 3.66. The number of nitrogens with one attached hydrogen (secondary N) is 1. The zero-order valence-corrected chi connectivity index (χ0v) is 39.8. The summed E-state index contributed by atoms with van der Waals surface area (Å²) in [7, 11) is 1.22. The number of unbranched alkanes of at least 4 members (excludes halogenated alkanes) is 28. The van der Waals surface area contributed by atoms with Gasteiger partial charge in [0.05, 0.1) is 32.5 Å². The highest BCUT2D eigenvalue weighted by Crippen LogP contribution is 2.23. The Morgan fingerprint density at radius 2 is 1.03 bits per heavy atom. The molecule has 0 bridgehead atoms. The van der Waals surface area contributed by atoms with Crippen LogP contribution in [0.3, 0.4) is 0 Å². The van der Waals surface area contributed by atoms with Gasteiger partial charge in [-0.25, -0.2) is 4.79 Å². The van der Waals surface area contributed by atoms with Gasteiger partial charge in [0.2, 0.25) is 5.91 Å². The van der Waals surface area contributed by atoms with Crippen LogP contribution < -0.4 is 5.32 Å². The molecule has 0 aromatic heterocycles. The second-order valence-electron chi connectivity index (χ2n) is 17.8. The summed E-state index contributed by atoms with van der Waals surface area (Å²) in [6, 6.07) is -0.837. The molecule has 11 heteroatoms. The van der Waals surface area contributed by atoms with Crippen molar-refractivity contribution in [3.8, 4) is 0 Å². The van der Waals surface area contributed by atoms with Crippen LogP contribution in [0, 0.1) is 0 Å². The van der Waals surface area contributed by atoms with Crippen LogP contribution in [-0.4, -0.2) is 102 Å². The van der Waals surface area contributed by atoms with E-state index in [9.17, 15) is 30.0 Å². The summed E-state index contributed by atoms with van der Waals surface area (Å²) in [5, 5.41) is 45.7. The lowest BCUT2D eigenvalue weighted by Gasteiger charge is -2.40. The maximum atomic E-state index is 13.1. The molecule has 62 heavy (non-hydrogen) atoms. The Bertz CT molecular complexity index is 1090. The average molecular weight is 882 g/mol. The van der Waals surface area contributed by atoms with E-state index in [-0.39, 0.29) is 25.7 Å². The topological polar surface area (TPSA) is 164 Å². The Balaban J connectivity index is 2.43. The number of aliphatic hydroxyl groups is 4. The van der Waals surface area contributed by atoms with E-state index in [1.165, 1.54) is 168 Å². The second-order valence-corrected chi connectivity index (χ2v) is 17.8.